The highest BCUT2D eigenvalue weighted by Crippen LogP contribution is 2.26. The van der Waals surface area contributed by atoms with Gasteiger partial charge in [-0.2, -0.15) is 0 Å². The molecule has 1 aliphatic carbocycles. The van der Waals surface area contributed by atoms with Crippen LogP contribution < -0.4 is 0 Å². The summed E-state index contributed by atoms with van der Waals surface area (Å²) in [7, 11) is 1.72. The SMILES string of the molecule is COC1CCCC(/C=C/C(=O)O)C1. The van der Waals surface area contributed by atoms with Crippen molar-refractivity contribution >= 4 is 5.97 Å². The quantitative estimate of drug-likeness (QED) is 0.681. The fourth-order valence-corrected chi connectivity index (χ4v) is 1.79. The van der Waals surface area contributed by atoms with Crippen LogP contribution in [0.5, 0.6) is 0 Å². The Morgan fingerprint density at radius 3 is 2.92 bits per heavy atom. The van der Waals surface area contributed by atoms with E-state index in [9.17, 15) is 4.79 Å². The van der Waals surface area contributed by atoms with Crippen molar-refractivity contribution in [2.45, 2.75) is 31.8 Å². The number of ether oxygens (including phenoxy) is 1. The zero-order valence-corrected chi connectivity index (χ0v) is 7.90. The highest BCUT2D eigenvalue weighted by atomic mass is 16.5. The molecule has 1 N–H and O–H groups in total. The van der Waals surface area contributed by atoms with E-state index in [0.717, 1.165) is 25.7 Å². The van der Waals surface area contributed by atoms with Gasteiger partial charge in [0.1, 0.15) is 0 Å². The van der Waals surface area contributed by atoms with Crippen LogP contribution in [0.25, 0.3) is 0 Å². The smallest absolute Gasteiger partial charge is 0.327 e. The lowest BCUT2D eigenvalue weighted by atomic mass is 9.87. The number of hydrogen-bond acceptors (Lipinski definition) is 2. The van der Waals surface area contributed by atoms with Crippen molar-refractivity contribution in [1.82, 2.24) is 0 Å². The van der Waals surface area contributed by atoms with E-state index in [1.807, 2.05) is 0 Å². The van der Waals surface area contributed by atoms with Gasteiger partial charge < -0.3 is 9.84 Å². The highest BCUT2D eigenvalue weighted by Gasteiger charge is 2.19. The van der Waals surface area contributed by atoms with Gasteiger partial charge in [0, 0.05) is 13.2 Å². The number of carboxylic acid groups (broad SMARTS) is 1. The lowest BCUT2D eigenvalue weighted by Gasteiger charge is -2.25. The van der Waals surface area contributed by atoms with E-state index < -0.39 is 5.97 Å². The summed E-state index contributed by atoms with van der Waals surface area (Å²) in [5.41, 5.74) is 0. The molecule has 13 heavy (non-hydrogen) atoms. The molecule has 3 nitrogen and oxygen atoms in total. The lowest BCUT2D eigenvalue weighted by Crippen LogP contribution is -2.20. The number of hydrogen-bond donors (Lipinski definition) is 1. The molecule has 0 amide bonds. The van der Waals surface area contributed by atoms with Gasteiger partial charge in [0.2, 0.25) is 0 Å². The first-order valence-corrected chi connectivity index (χ1v) is 4.66. The number of carboxylic acids is 1. The van der Waals surface area contributed by atoms with E-state index in [0.29, 0.717) is 12.0 Å². The molecule has 74 valence electrons. The number of methoxy groups -OCH3 is 1. The van der Waals surface area contributed by atoms with Crippen LogP contribution in [0, 0.1) is 5.92 Å². The lowest BCUT2D eigenvalue weighted by molar-refractivity contribution is -0.131. The van der Waals surface area contributed by atoms with Crippen molar-refractivity contribution in [3.8, 4) is 0 Å². The van der Waals surface area contributed by atoms with Gasteiger partial charge >= 0.3 is 5.97 Å². The van der Waals surface area contributed by atoms with Gasteiger partial charge in [0.05, 0.1) is 6.10 Å². The first kappa shape index (κ1) is 10.3. The average Bonchev–Trinajstić information content (AvgIpc) is 2.15. The summed E-state index contributed by atoms with van der Waals surface area (Å²) in [6.45, 7) is 0. The molecule has 0 aromatic heterocycles. The predicted octanol–water partition coefficient (Wildman–Crippen LogP) is 1.83. The molecule has 0 radical (unpaired) electrons. The first-order valence-electron chi connectivity index (χ1n) is 4.66. The molecule has 0 heterocycles. The van der Waals surface area contributed by atoms with Gasteiger partial charge in [-0.15, -0.1) is 0 Å². The van der Waals surface area contributed by atoms with E-state index in [4.69, 9.17) is 9.84 Å². The molecule has 1 saturated carbocycles. The van der Waals surface area contributed by atoms with Crippen molar-refractivity contribution in [3.05, 3.63) is 12.2 Å². The minimum absolute atomic E-state index is 0.317. The van der Waals surface area contributed by atoms with Crippen molar-refractivity contribution in [2.24, 2.45) is 5.92 Å². The molecule has 0 aliphatic heterocycles. The van der Waals surface area contributed by atoms with Crippen LogP contribution in [0.2, 0.25) is 0 Å². The second kappa shape index (κ2) is 5.02. The summed E-state index contributed by atoms with van der Waals surface area (Å²) in [5, 5.41) is 8.45. The molecular formula is C10H16O3. The molecule has 1 rings (SSSR count). The van der Waals surface area contributed by atoms with Crippen LogP contribution in [0.1, 0.15) is 25.7 Å². The fourth-order valence-electron chi connectivity index (χ4n) is 1.79. The third-order valence-corrected chi connectivity index (χ3v) is 2.51. The van der Waals surface area contributed by atoms with Crippen molar-refractivity contribution in [3.63, 3.8) is 0 Å². The Morgan fingerprint density at radius 1 is 1.54 bits per heavy atom. The fraction of sp³-hybridized carbons (Fsp3) is 0.700. The summed E-state index contributed by atoms with van der Waals surface area (Å²) in [4.78, 5) is 10.3. The summed E-state index contributed by atoms with van der Waals surface area (Å²) >= 11 is 0. The first-order chi connectivity index (χ1) is 6.22. The van der Waals surface area contributed by atoms with Gasteiger partial charge in [0.15, 0.2) is 0 Å². The second-order valence-corrected chi connectivity index (χ2v) is 3.48. The Hall–Kier alpha value is -0.830. The Morgan fingerprint density at radius 2 is 2.31 bits per heavy atom. The number of allylic oxidation sites excluding steroid dienone is 1. The molecule has 0 bridgehead atoms. The zero-order valence-electron chi connectivity index (χ0n) is 7.90. The number of rotatable bonds is 3. The average molecular weight is 184 g/mol. The largest absolute Gasteiger partial charge is 0.478 e. The molecule has 1 fully saturated rings. The van der Waals surface area contributed by atoms with E-state index in [1.165, 1.54) is 6.08 Å². The summed E-state index contributed by atoms with van der Waals surface area (Å²) < 4.78 is 5.25. The van der Waals surface area contributed by atoms with Crippen LogP contribution in [-0.2, 0) is 9.53 Å². The topological polar surface area (TPSA) is 46.5 Å². The van der Waals surface area contributed by atoms with E-state index >= 15 is 0 Å². The molecule has 2 atom stereocenters. The minimum atomic E-state index is -0.862. The minimum Gasteiger partial charge on any atom is -0.478 e. The van der Waals surface area contributed by atoms with Gasteiger partial charge in [0.25, 0.3) is 0 Å². The maximum Gasteiger partial charge on any atom is 0.327 e. The van der Waals surface area contributed by atoms with Crippen LogP contribution in [0.4, 0.5) is 0 Å². The van der Waals surface area contributed by atoms with Gasteiger partial charge in [-0.05, 0) is 25.2 Å². The number of carbonyl (C=O) groups is 1. The highest BCUT2D eigenvalue weighted by molar-refractivity contribution is 5.79. The molecular weight excluding hydrogens is 168 g/mol. The third kappa shape index (κ3) is 3.59. The monoisotopic (exact) mass is 184 g/mol. The Labute approximate surface area is 78.4 Å². The standard InChI is InChI=1S/C10H16O3/c1-13-9-4-2-3-8(7-9)5-6-10(11)12/h5-6,8-9H,2-4,7H2,1H3,(H,11,12)/b6-5+. The second-order valence-electron chi connectivity index (χ2n) is 3.48. The summed E-state index contributed by atoms with van der Waals surface area (Å²) in [6, 6.07) is 0. The maximum absolute atomic E-state index is 10.3. The van der Waals surface area contributed by atoms with Crippen LogP contribution >= 0.6 is 0 Å². The summed E-state index contributed by atoms with van der Waals surface area (Å²) in [6.07, 6.45) is 7.62. The van der Waals surface area contributed by atoms with Crippen molar-refractivity contribution in [2.75, 3.05) is 7.11 Å². The van der Waals surface area contributed by atoms with E-state index in [1.54, 1.807) is 13.2 Å². The molecule has 0 spiro atoms. The Kier molecular flexibility index (Phi) is 3.96. The van der Waals surface area contributed by atoms with E-state index in [2.05, 4.69) is 0 Å². The number of aliphatic carboxylic acids is 1. The normalized spacial score (nSPS) is 29.3. The van der Waals surface area contributed by atoms with Crippen LogP contribution in [0.3, 0.4) is 0 Å². The molecule has 0 aromatic carbocycles. The molecule has 3 heteroatoms. The summed E-state index contributed by atoms with van der Waals surface area (Å²) in [5.74, 6) is -0.477. The van der Waals surface area contributed by atoms with Gasteiger partial charge in [-0.25, -0.2) is 4.79 Å². The van der Waals surface area contributed by atoms with Gasteiger partial charge in [-0.1, -0.05) is 12.5 Å². The molecule has 0 saturated heterocycles. The Balaban J connectivity index is 2.38. The Bertz CT molecular complexity index is 198. The van der Waals surface area contributed by atoms with Crippen LogP contribution in [0.15, 0.2) is 12.2 Å². The van der Waals surface area contributed by atoms with Crippen molar-refractivity contribution < 1.29 is 14.6 Å². The van der Waals surface area contributed by atoms with Crippen molar-refractivity contribution in [1.29, 1.82) is 0 Å². The maximum atomic E-state index is 10.3. The van der Waals surface area contributed by atoms with E-state index in [-0.39, 0.29) is 0 Å². The zero-order chi connectivity index (χ0) is 9.68. The van der Waals surface area contributed by atoms with Crippen LogP contribution in [-0.4, -0.2) is 24.3 Å². The third-order valence-electron chi connectivity index (χ3n) is 2.51. The molecule has 0 aromatic rings. The van der Waals surface area contributed by atoms with Gasteiger partial charge in [-0.3, -0.25) is 0 Å². The predicted molar refractivity (Wildman–Crippen MR) is 49.5 cm³/mol. The molecule has 2 unspecified atom stereocenters. The molecule has 1 aliphatic rings.